The number of H-pyrrole nitrogens is 1. The summed E-state index contributed by atoms with van der Waals surface area (Å²) in [5.41, 5.74) is 27.4. The number of halogens is 1. The molecule has 0 saturated heterocycles. The average molecular weight is 1260 g/mol. The smallest absolute Gasteiger partial charge is 0.0730 e. The molecule has 5 heteroatoms. The molecule has 3 aliphatic rings. The van der Waals surface area contributed by atoms with Gasteiger partial charge in [0.25, 0.3) is 0 Å². The monoisotopic (exact) mass is 1250 g/mol. The second-order valence-electron chi connectivity index (χ2n) is 24.0. The van der Waals surface area contributed by atoms with E-state index in [9.17, 15) is 0 Å². The Balaban J connectivity index is 0.000000123. The van der Waals surface area contributed by atoms with Gasteiger partial charge in [0, 0.05) is 61.1 Å². The summed E-state index contributed by atoms with van der Waals surface area (Å²) in [5.74, 6) is 0. The zero-order valence-electron chi connectivity index (χ0n) is 51.1. The Labute approximate surface area is 551 Å². The molecule has 442 valence electrons. The highest BCUT2D eigenvalue weighted by molar-refractivity contribution is 9.10. The number of pyridine rings is 2. The molecule has 11 aromatic carbocycles. The topological polar surface area (TPSA) is 46.5 Å². The maximum Gasteiger partial charge on any atom is 0.0730 e. The largest absolute Gasteiger partial charge is 0.361 e. The normalized spacial score (nSPS) is 14.6. The first-order valence-corrected chi connectivity index (χ1v) is 32.7. The molecule has 4 heterocycles. The minimum atomic E-state index is -0.328. The summed E-state index contributed by atoms with van der Waals surface area (Å²) >= 11 is 3.57. The molecule has 3 aliphatic carbocycles. The van der Waals surface area contributed by atoms with Crippen molar-refractivity contribution in [2.24, 2.45) is 0 Å². The van der Waals surface area contributed by atoms with Gasteiger partial charge in [-0.1, -0.05) is 313 Å². The fourth-order valence-electron chi connectivity index (χ4n) is 14.9. The SMILES string of the molecule is Brc1cc(-c2ccccc2)nc(-c2ccccc2)c1.C1=CCCC(C2(c3ccccc3)c3ccccc3-c3c2ccc2c3ccn2-c2cc(-c3ccccc3)nc(-c3ccccc3)c2)=C1.c1ccc(C2(c3ccccc3)c3ccccc3-c3c2ccc2[nH]ccc32)cc1. The van der Waals surface area contributed by atoms with E-state index in [0.29, 0.717) is 0 Å². The number of aromatic nitrogens is 4. The molecular weight excluding hydrogens is 1190 g/mol. The second-order valence-corrected chi connectivity index (χ2v) is 24.9. The Hall–Kier alpha value is -11.2. The quantitative estimate of drug-likeness (QED) is 0.157. The first-order valence-electron chi connectivity index (χ1n) is 31.9. The van der Waals surface area contributed by atoms with Gasteiger partial charge in [0.1, 0.15) is 0 Å². The molecule has 4 nitrogen and oxygen atoms in total. The van der Waals surface area contributed by atoms with Crippen LogP contribution in [0.1, 0.15) is 51.8 Å². The zero-order valence-corrected chi connectivity index (χ0v) is 52.7. The summed E-state index contributed by atoms with van der Waals surface area (Å²) in [6.45, 7) is 0. The summed E-state index contributed by atoms with van der Waals surface area (Å²) in [7, 11) is 0. The highest BCUT2D eigenvalue weighted by atomic mass is 79.9. The van der Waals surface area contributed by atoms with E-state index in [0.717, 1.165) is 68.0 Å². The lowest BCUT2D eigenvalue weighted by Crippen LogP contribution is -2.30. The molecule has 0 saturated carbocycles. The summed E-state index contributed by atoms with van der Waals surface area (Å²) in [6, 6.07) is 115. The lowest BCUT2D eigenvalue weighted by Gasteiger charge is -2.36. The number of nitrogens with one attached hydrogen (secondary N) is 1. The molecule has 4 aromatic heterocycles. The molecule has 93 heavy (non-hydrogen) atoms. The van der Waals surface area contributed by atoms with E-state index in [4.69, 9.17) is 9.97 Å². The number of hydrogen-bond donors (Lipinski definition) is 1. The van der Waals surface area contributed by atoms with E-state index < -0.39 is 0 Å². The molecule has 0 amide bonds. The van der Waals surface area contributed by atoms with Crippen molar-refractivity contribution in [2.45, 2.75) is 23.7 Å². The predicted octanol–water partition coefficient (Wildman–Crippen LogP) is 22.7. The Morgan fingerprint density at radius 2 is 0.796 bits per heavy atom. The molecule has 1 unspecified atom stereocenters. The van der Waals surface area contributed by atoms with Crippen molar-refractivity contribution in [3.8, 4) is 73.0 Å². The molecule has 15 aromatic rings. The van der Waals surface area contributed by atoms with Gasteiger partial charge in [0.2, 0.25) is 0 Å². The number of benzene rings is 11. The predicted molar refractivity (Wildman–Crippen MR) is 389 cm³/mol. The van der Waals surface area contributed by atoms with Crippen LogP contribution in [0.3, 0.4) is 0 Å². The van der Waals surface area contributed by atoms with Crippen LogP contribution >= 0.6 is 15.9 Å². The molecule has 0 fully saturated rings. The van der Waals surface area contributed by atoms with Crippen molar-refractivity contribution in [3.63, 3.8) is 0 Å². The third-order valence-electron chi connectivity index (χ3n) is 18.9. The Kier molecular flexibility index (Phi) is 15.0. The van der Waals surface area contributed by atoms with Gasteiger partial charge in [-0.05, 0) is 123 Å². The fraction of sp³-hybridized carbons (Fsp3) is 0.0455. The number of hydrogen-bond acceptors (Lipinski definition) is 2. The van der Waals surface area contributed by atoms with Crippen LogP contribution in [0.2, 0.25) is 0 Å². The lowest BCUT2D eigenvalue weighted by molar-refractivity contribution is 0.693. The molecule has 0 aliphatic heterocycles. The van der Waals surface area contributed by atoms with Crippen molar-refractivity contribution in [1.82, 2.24) is 19.5 Å². The number of aromatic amines is 1. The summed E-state index contributed by atoms with van der Waals surface area (Å²) < 4.78 is 3.38. The van der Waals surface area contributed by atoms with Crippen molar-refractivity contribution in [3.05, 3.63) is 401 Å². The molecule has 0 spiro atoms. The maximum atomic E-state index is 5.13. The molecule has 0 bridgehead atoms. The number of nitrogens with zero attached hydrogens (tertiary/aromatic N) is 3. The molecule has 18 rings (SSSR count). The van der Waals surface area contributed by atoms with Crippen LogP contribution in [-0.2, 0) is 10.8 Å². The first kappa shape index (κ1) is 57.0. The van der Waals surface area contributed by atoms with Crippen molar-refractivity contribution in [1.29, 1.82) is 0 Å². The minimum absolute atomic E-state index is 0.306. The Morgan fingerprint density at radius 3 is 1.29 bits per heavy atom. The van der Waals surface area contributed by atoms with Crippen LogP contribution in [-0.4, -0.2) is 19.5 Å². The lowest BCUT2D eigenvalue weighted by atomic mass is 9.65. The first-order chi connectivity index (χ1) is 46.1. The molecular formula is C88H63BrN4. The minimum Gasteiger partial charge on any atom is -0.361 e. The van der Waals surface area contributed by atoms with E-state index >= 15 is 0 Å². The van der Waals surface area contributed by atoms with E-state index in [1.54, 1.807) is 0 Å². The number of fused-ring (bicyclic) bond motifs is 10. The van der Waals surface area contributed by atoms with Gasteiger partial charge in [0.05, 0.1) is 39.1 Å². The van der Waals surface area contributed by atoms with Crippen LogP contribution in [0.25, 0.3) is 94.8 Å². The second kappa shape index (κ2) is 24.5. The van der Waals surface area contributed by atoms with E-state index in [1.807, 2.05) is 54.7 Å². The highest BCUT2D eigenvalue weighted by Gasteiger charge is 2.49. The third kappa shape index (κ3) is 10.0. The fourth-order valence-corrected chi connectivity index (χ4v) is 15.4. The summed E-state index contributed by atoms with van der Waals surface area (Å²) in [5, 5.41) is 2.56. The van der Waals surface area contributed by atoms with Gasteiger partial charge in [-0.25, -0.2) is 9.97 Å². The summed E-state index contributed by atoms with van der Waals surface area (Å²) in [4.78, 5) is 13.3. The van der Waals surface area contributed by atoms with E-state index in [2.05, 4.69) is 323 Å². The van der Waals surface area contributed by atoms with E-state index in [-0.39, 0.29) is 10.8 Å². The molecule has 1 atom stereocenters. The van der Waals surface area contributed by atoms with Crippen LogP contribution in [0, 0.1) is 0 Å². The van der Waals surface area contributed by atoms with Gasteiger partial charge in [-0.15, -0.1) is 0 Å². The van der Waals surface area contributed by atoms with Crippen LogP contribution in [0.15, 0.2) is 362 Å². The molecule has 0 radical (unpaired) electrons. The van der Waals surface area contributed by atoms with Gasteiger partial charge in [-0.3, -0.25) is 0 Å². The van der Waals surface area contributed by atoms with Gasteiger partial charge >= 0.3 is 0 Å². The molecule has 1 N–H and O–H groups in total. The van der Waals surface area contributed by atoms with Gasteiger partial charge in [0.15, 0.2) is 0 Å². The van der Waals surface area contributed by atoms with Crippen molar-refractivity contribution >= 4 is 37.7 Å². The number of rotatable bonds is 9. The van der Waals surface area contributed by atoms with Gasteiger partial charge in [-0.2, -0.15) is 0 Å². The van der Waals surface area contributed by atoms with Gasteiger partial charge < -0.3 is 9.55 Å². The maximum absolute atomic E-state index is 5.13. The van der Waals surface area contributed by atoms with Crippen molar-refractivity contribution < 1.29 is 0 Å². The number of allylic oxidation sites excluding steroid dienone is 4. The van der Waals surface area contributed by atoms with Crippen LogP contribution in [0.4, 0.5) is 0 Å². The average Bonchev–Trinajstić information content (AvgIpc) is 1.54. The van der Waals surface area contributed by atoms with E-state index in [1.165, 1.54) is 88.6 Å². The highest BCUT2D eigenvalue weighted by Crippen LogP contribution is 2.60. The van der Waals surface area contributed by atoms with Crippen LogP contribution in [0.5, 0.6) is 0 Å². The Bertz CT molecular complexity index is 5100. The third-order valence-corrected chi connectivity index (χ3v) is 19.3. The zero-order chi connectivity index (χ0) is 62.1. The van der Waals surface area contributed by atoms with Crippen LogP contribution < -0.4 is 0 Å². The Morgan fingerprint density at radius 1 is 0.376 bits per heavy atom. The standard InChI is InChI=1S/C44H32N2.C27H19N.C17H12BrN/c1-5-15-31(16-6-1)40-29-35(30-41(45-40)32-17-7-2-8-18-32)46-28-27-37-42(46)26-25-39-43(37)36-23-13-14-24-38(36)44(39,33-19-9-3-10-20-33)34-21-11-4-12-22-34;1-3-9-19(10-4-1)27(20-11-5-2-6-12-20)23-14-8-7-13-21(23)26-22-17-18-28-25(22)16-15-24(26)27;18-15-11-16(13-7-3-1-4-8-13)19-17(12-15)14-9-5-2-6-10-14/h1-11,13-21,23-30H,12,22H2;1-18,28H;1-12H. The summed E-state index contributed by atoms with van der Waals surface area (Å²) in [6.07, 6.45) is 13.3. The van der Waals surface area contributed by atoms with Crippen molar-refractivity contribution in [2.75, 3.05) is 0 Å².